The fraction of sp³-hybridized carbons (Fsp3) is 0.533. The molecule has 0 saturated carbocycles. The highest BCUT2D eigenvalue weighted by Crippen LogP contribution is 2.24. The van der Waals surface area contributed by atoms with Crippen molar-refractivity contribution in [1.82, 2.24) is 4.90 Å². The van der Waals surface area contributed by atoms with Crippen molar-refractivity contribution in [1.29, 1.82) is 0 Å². The standard InChI is InChI=1S/C15H16BrF4NO2/c16-13-7-11(17)1-2-12(13)14(22)23-8-10-3-5-21(6-4-10)9-15(18,19)20/h1-2,7,10H,3-6,8-9H2. The molecule has 128 valence electrons. The van der Waals surface area contributed by atoms with E-state index in [-0.39, 0.29) is 18.1 Å². The lowest BCUT2D eigenvalue weighted by molar-refractivity contribution is -0.148. The Morgan fingerprint density at radius 2 is 1.96 bits per heavy atom. The molecule has 1 aliphatic heterocycles. The largest absolute Gasteiger partial charge is 0.462 e. The summed E-state index contributed by atoms with van der Waals surface area (Å²) in [6.07, 6.45) is -3.09. The number of hydrogen-bond acceptors (Lipinski definition) is 3. The molecule has 2 rings (SSSR count). The highest BCUT2D eigenvalue weighted by atomic mass is 79.9. The van der Waals surface area contributed by atoms with Crippen LogP contribution in [0.25, 0.3) is 0 Å². The number of ether oxygens (including phenoxy) is 1. The quantitative estimate of drug-likeness (QED) is 0.567. The van der Waals surface area contributed by atoms with E-state index in [1.807, 2.05) is 0 Å². The van der Waals surface area contributed by atoms with E-state index in [9.17, 15) is 22.4 Å². The first-order valence-corrected chi connectivity index (χ1v) is 7.95. The Morgan fingerprint density at radius 1 is 1.30 bits per heavy atom. The van der Waals surface area contributed by atoms with Crippen LogP contribution in [0.5, 0.6) is 0 Å². The first-order chi connectivity index (χ1) is 10.7. The SMILES string of the molecule is O=C(OCC1CCN(CC(F)(F)F)CC1)c1ccc(F)cc1Br. The zero-order chi connectivity index (χ0) is 17.0. The van der Waals surface area contributed by atoms with E-state index in [1.54, 1.807) is 0 Å². The van der Waals surface area contributed by atoms with Gasteiger partial charge in [-0.05, 0) is 66.0 Å². The second-order valence-corrected chi connectivity index (χ2v) is 6.41. The van der Waals surface area contributed by atoms with Crippen LogP contribution in [0.2, 0.25) is 0 Å². The van der Waals surface area contributed by atoms with Gasteiger partial charge in [-0.1, -0.05) is 0 Å². The van der Waals surface area contributed by atoms with E-state index in [1.165, 1.54) is 17.0 Å². The lowest BCUT2D eigenvalue weighted by atomic mass is 9.98. The monoisotopic (exact) mass is 397 g/mol. The molecule has 0 unspecified atom stereocenters. The summed E-state index contributed by atoms with van der Waals surface area (Å²) >= 11 is 3.10. The molecule has 1 saturated heterocycles. The molecule has 8 heteroatoms. The fourth-order valence-corrected chi connectivity index (χ4v) is 3.00. The van der Waals surface area contributed by atoms with E-state index in [0.717, 1.165) is 6.07 Å². The Morgan fingerprint density at radius 3 is 2.52 bits per heavy atom. The first-order valence-electron chi connectivity index (χ1n) is 7.16. The van der Waals surface area contributed by atoms with Gasteiger partial charge in [0.1, 0.15) is 5.82 Å². The molecule has 1 fully saturated rings. The fourth-order valence-electron chi connectivity index (χ4n) is 2.49. The number of esters is 1. The molecule has 1 aromatic rings. The van der Waals surface area contributed by atoms with Gasteiger partial charge in [0, 0.05) is 4.47 Å². The number of nitrogens with zero attached hydrogens (tertiary/aromatic N) is 1. The zero-order valence-corrected chi connectivity index (χ0v) is 13.8. The van der Waals surface area contributed by atoms with E-state index >= 15 is 0 Å². The number of carbonyl (C=O) groups excluding carboxylic acids is 1. The van der Waals surface area contributed by atoms with E-state index in [0.29, 0.717) is 30.4 Å². The molecule has 0 bridgehead atoms. The maximum Gasteiger partial charge on any atom is 0.401 e. The van der Waals surface area contributed by atoms with Crippen molar-refractivity contribution in [3.8, 4) is 0 Å². The number of carbonyl (C=O) groups is 1. The second-order valence-electron chi connectivity index (χ2n) is 5.56. The van der Waals surface area contributed by atoms with Crippen LogP contribution in [0.15, 0.2) is 22.7 Å². The molecule has 0 atom stereocenters. The van der Waals surface area contributed by atoms with Crippen LogP contribution >= 0.6 is 15.9 Å². The predicted molar refractivity (Wildman–Crippen MR) is 79.6 cm³/mol. The van der Waals surface area contributed by atoms with Crippen molar-refractivity contribution in [3.63, 3.8) is 0 Å². The van der Waals surface area contributed by atoms with Gasteiger partial charge in [0.2, 0.25) is 0 Å². The van der Waals surface area contributed by atoms with Crippen LogP contribution in [0, 0.1) is 11.7 Å². The Kier molecular flexibility index (Phi) is 6.02. The smallest absolute Gasteiger partial charge is 0.401 e. The van der Waals surface area contributed by atoms with Gasteiger partial charge < -0.3 is 4.74 Å². The van der Waals surface area contributed by atoms with Crippen molar-refractivity contribution >= 4 is 21.9 Å². The number of halogens is 5. The Hall–Kier alpha value is -1.15. The van der Waals surface area contributed by atoms with Crippen molar-refractivity contribution < 1.29 is 27.1 Å². The van der Waals surface area contributed by atoms with E-state index in [2.05, 4.69) is 15.9 Å². The molecular formula is C15H16BrF4NO2. The molecule has 1 heterocycles. The van der Waals surface area contributed by atoms with Gasteiger partial charge in [0.05, 0.1) is 18.7 Å². The van der Waals surface area contributed by atoms with Crippen LogP contribution in [0.4, 0.5) is 17.6 Å². The summed E-state index contributed by atoms with van der Waals surface area (Å²) in [5.41, 5.74) is 0.223. The van der Waals surface area contributed by atoms with Crippen molar-refractivity contribution in [2.75, 3.05) is 26.2 Å². The molecule has 0 N–H and O–H groups in total. The summed E-state index contributed by atoms with van der Waals surface area (Å²) in [6, 6.07) is 3.66. The minimum Gasteiger partial charge on any atom is -0.462 e. The third kappa shape index (κ3) is 5.76. The number of hydrogen-bond donors (Lipinski definition) is 0. The van der Waals surface area contributed by atoms with Gasteiger partial charge in [0.25, 0.3) is 0 Å². The normalized spacial score (nSPS) is 17.3. The number of rotatable bonds is 4. The summed E-state index contributed by atoms with van der Waals surface area (Å²) in [7, 11) is 0. The lowest BCUT2D eigenvalue weighted by Crippen LogP contribution is -2.40. The minimum absolute atomic E-state index is 0.0441. The summed E-state index contributed by atoms with van der Waals surface area (Å²) in [5.74, 6) is -0.997. The Bertz CT molecular complexity index is 557. The van der Waals surface area contributed by atoms with Gasteiger partial charge in [-0.3, -0.25) is 4.90 Å². The van der Waals surface area contributed by atoms with Crippen LogP contribution in [0.1, 0.15) is 23.2 Å². The van der Waals surface area contributed by atoms with Gasteiger partial charge >= 0.3 is 12.1 Å². The van der Waals surface area contributed by atoms with Crippen molar-refractivity contribution in [3.05, 3.63) is 34.1 Å². The topological polar surface area (TPSA) is 29.5 Å². The van der Waals surface area contributed by atoms with Crippen molar-refractivity contribution in [2.24, 2.45) is 5.92 Å². The number of benzene rings is 1. The molecular weight excluding hydrogens is 382 g/mol. The van der Waals surface area contributed by atoms with Crippen LogP contribution < -0.4 is 0 Å². The molecule has 0 aliphatic carbocycles. The molecule has 3 nitrogen and oxygen atoms in total. The third-order valence-electron chi connectivity index (χ3n) is 3.71. The molecule has 1 aromatic carbocycles. The molecule has 0 amide bonds. The Balaban J connectivity index is 1.78. The van der Waals surface area contributed by atoms with Crippen LogP contribution in [0.3, 0.4) is 0 Å². The Labute approximate surface area is 139 Å². The first kappa shape index (κ1) is 18.2. The lowest BCUT2D eigenvalue weighted by Gasteiger charge is -2.32. The average Bonchev–Trinajstić information content (AvgIpc) is 2.44. The molecule has 0 radical (unpaired) electrons. The highest BCUT2D eigenvalue weighted by molar-refractivity contribution is 9.10. The predicted octanol–water partition coefficient (Wildman–Crippen LogP) is 4.02. The van der Waals surface area contributed by atoms with Crippen LogP contribution in [-0.2, 0) is 4.74 Å². The summed E-state index contributed by atoms with van der Waals surface area (Å²) in [6.45, 7) is -0.0749. The van der Waals surface area contributed by atoms with Gasteiger partial charge in [0.15, 0.2) is 0 Å². The maximum atomic E-state index is 13.0. The third-order valence-corrected chi connectivity index (χ3v) is 4.37. The molecule has 0 spiro atoms. The van der Waals surface area contributed by atoms with E-state index in [4.69, 9.17) is 4.74 Å². The number of likely N-dealkylation sites (tertiary alicyclic amines) is 1. The average molecular weight is 398 g/mol. The van der Waals surface area contributed by atoms with Crippen molar-refractivity contribution in [2.45, 2.75) is 19.0 Å². The molecule has 1 aliphatic rings. The summed E-state index contributed by atoms with van der Waals surface area (Å²) in [5, 5.41) is 0. The van der Waals surface area contributed by atoms with Gasteiger partial charge in [-0.15, -0.1) is 0 Å². The van der Waals surface area contributed by atoms with E-state index < -0.39 is 24.5 Å². The number of piperidine rings is 1. The molecule has 23 heavy (non-hydrogen) atoms. The molecule has 0 aromatic heterocycles. The van der Waals surface area contributed by atoms with Gasteiger partial charge in [-0.2, -0.15) is 13.2 Å². The zero-order valence-electron chi connectivity index (χ0n) is 12.2. The highest BCUT2D eigenvalue weighted by Gasteiger charge is 2.32. The number of alkyl halides is 3. The summed E-state index contributed by atoms with van der Waals surface area (Å²) < 4.78 is 55.4. The second kappa shape index (κ2) is 7.61. The van der Waals surface area contributed by atoms with Gasteiger partial charge in [-0.25, -0.2) is 9.18 Å². The van der Waals surface area contributed by atoms with Crippen LogP contribution in [-0.4, -0.2) is 43.3 Å². The maximum absolute atomic E-state index is 13.0. The summed E-state index contributed by atoms with van der Waals surface area (Å²) in [4.78, 5) is 13.3. The minimum atomic E-state index is -4.19.